The Kier molecular flexibility index (Phi) is 5.07. The Morgan fingerprint density at radius 2 is 1.75 bits per heavy atom. The summed E-state index contributed by atoms with van der Waals surface area (Å²) in [5.41, 5.74) is 3.93. The van der Waals surface area contributed by atoms with Crippen LogP contribution in [0.15, 0.2) is 90.7 Å². The summed E-state index contributed by atoms with van der Waals surface area (Å²) in [6, 6.07) is 23.4. The first-order valence-corrected chi connectivity index (χ1v) is 9.17. The Bertz CT molecular complexity index is 1040. The van der Waals surface area contributed by atoms with Crippen molar-refractivity contribution in [2.75, 3.05) is 0 Å². The average Bonchev–Trinajstić information content (AvgIpc) is 3.03. The Morgan fingerprint density at radius 1 is 0.964 bits per heavy atom. The van der Waals surface area contributed by atoms with E-state index in [1.807, 2.05) is 54.6 Å². The van der Waals surface area contributed by atoms with E-state index in [0.29, 0.717) is 29.4 Å². The summed E-state index contributed by atoms with van der Waals surface area (Å²) in [5, 5.41) is 0. The second kappa shape index (κ2) is 7.97. The average molecular weight is 368 g/mol. The lowest BCUT2D eigenvalue weighted by Gasteiger charge is -2.07. The largest absolute Gasteiger partial charge is 0.489 e. The fourth-order valence-corrected chi connectivity index (χ4v) is 2.93. The zero-order valence-electron chi connectivity index (χ0n) is 15.6. The van der Waals surface area contributed by atoms with Crippen LogP contribution in [0.25, 0.3) is 6.08 Å². The molecule has 0 saturated heterocycles. The van der Waals surface area contributed by atoms with Gasteiger partial charge in [-0.15, -0.1) is 0 Å². The molecule has 0 aliphatic carbocycles. The van der Waals surface area contributed by atoms with Crippen LogP contribution in [0.1, 0.15) is 27.0 Å². The molecule has 0 radical (unpaired) electrons. The number of benzene rings is 3. The third-order valence-electron chi connectivity index (χ3n) is 4.50. The first kappa shape index (κ1) is 17.8. The highest BCUT2D eigenvalue weighted by Crippen LogP contribution is 2.34. The van der Waals surface area contributed by atoms with Gasteiger partial charge in [0.15, 0.2) is 5.76 Å². The molecule has 0 unspecified atom stereocenters. The third kappa shape index (κ3) is 4.04. The van der Waals surface area contributed by atoms with E-state index in [9.17, 15) is 4.79 Å². The van der Waals surface area contributed by atoms with Gasteiger partial charge in [0.05, 0.1) is 5.56 Å². The van der Waals surface area contributed by atoms with Gasteiger partial charge in [-0.25, -0.2) is 0 Å². The first-order valence-electron chi connectivity index (χ1n) is 9.17. The van der Waals surface area contributed by atoms with Crippen LogP contribution >= 0.6 is 0 Å². The second-order valence-corrected chi connectivity index (χ2v) is 6.66. The lowest BCUT2D eigenvalue weighted by atomic mass is 10.1. The van der Waals surface area contributed by atoms with E-state index >= 15 is 0 Å². The maximum atomic E-state index is 12.5. The molecule has 1 heterocycles. The highest BCUT2D eigenvalue weighted by molar-refractivity contribution is 6.12. The molecule has 0 spiro atoms. The predicted molar refractivity (Wildman–Crippen MR) is 110 cm³/mol. The van der Waals surface area contributed by atoms with Gasteiger partial charge in [-0.05, 0) is 36.3 Å². The topological polar surface area (TPSA) is 35.5 Å². The molecule has 0 atom stereocenters. The van der Waals surface area contributed by atoms with Crippen molar-refractivity contribution in [1.82, 2.24) is 0 Å². The van der Waals surface area contributed by atoms with Crippen LogP contribution in [-0.4, -0.2) is 5.78 Å². The number of rotatable bonds is 5. The van der Waals surface area contributed by atoms with Crippen molar-refractivity contribution in [3.8, 4) is 11.5 Å². The summed E-state index contributed by atoms with van der Waals surface area (Å²) in [7, 11) is 0. The SMILES string of the molecule is Cc1ccc(COc2ccc3c(c2)O/C(=C/C=C/c2ccccc2)C3=O)cc1. The molecule has 0 bridgehead atoms. The van der Waals surface area contributed by atoms with Crippen LogP contribution in [0, 0.1) is 6.92 Å². The second-order valence-electron chi connectivity index (χ2n) is 6.66. The summed E-state index contributed by atoms with van der Waals surface area (Å²) in [6.45, 7) is 2.52. The number of hydrogen-bond donors (Lipinski definition) is 0. The number of carbonyl (C=O) groups excluding carboxylic acids is 1. The van der Waals surface area contributed by atoms with Gasteiger partial charge >= 0.3 is 0 Å². The van der Waals surface area contributed by atoms with E-state index in [2.05, 4.69) is 19.1 Å². The zero-order valence-corrected chi connectivity index (χ0v) is 15.6. The minimum absolute atomic E-state index is 0.113. The van der Waals surface area contributed by atoms with E-state index < -0.39 is 0 Å². The van der Waals surface area contributed by atoms with E-state index in [4.69, 9.17) is 9.47 Å². The molecule has 28 heavy (non-hydrogen) atoms. The van der Waals surface area contributed by atoms with Gasteiger partial charge in [-0.3, -0.25) is 4.79 Å². The Balaban J connectivity index is 1.44. The van der Waals surface area contributed by atoms with Crippen molar-refractivity contribution in [2.24, 2.45) is 0 Å². The zero-order chi connectivity index (χ0) is 19.3. The van der Waals surface area contributed by atoms with Crippen LogP contribution in [0.4, 0.5) is 0 Å². The molecular formula is C25H20O3. The fourth-order valence-electron chi connectivity index (χ4n) is 2.93. The van der Waals surface area contributed by atoms with E-state index in [0.717, 1.165) is 11.1 Å². The molecular weight excluding hydrogens is 348 g/mol. The standard InChI is InChI=1S/C25H20O3/c1-18-10-12-20(13-11-18)17-27-21-14-15-22-24(16-21)28-23(25(22)26)9-5-8-19-6-3-2-4-7-19/h2-16H,17H2,1H3/b8-5+,23-9+. The lowest BCUT2D eigenvalue weighted by Crippen LogP contribution is -1.97. The number of carbonyl (C=O) groups is 1. The molecule has 0 fully saturated rings. The van der Waals surface area contributed by atoms with Crippen LogP contribution in [0.2, 0.25) is 0 Å². The van der Waals surface area contributed by atoms with Crippen molar-refractivity contribution in [2.45, 2.75) is 13.5 Å². The molecule has 0 saturated carbocycles. The third-order valence-corrected chi connectivity index (χ3v) is 4.50. The van der Waals surface area contributed by atoms with Crippen LogP contribution in [0.5, 0.6) is 11.5 Å². The van der Waals surface area contributed by atoms with Crippen molar-refractivity contribution in [3.05, 3.63) is 113 Å². The van der Waals surface area contributed by atoms with E-state index in [1.165, 1.54) is 5.56 Å². The normalized spacial score (nSPS) is 14.3. The van der Waals surface area contributed by atoms with Crippen molar-refractivity contribution >= 4 is 11.9 Å². The molecule has 0 amide bonds. The summed E-state index contributed by atoms with van der Waals surface area (Å²) in [5.74, 6) is 1.41. The minimum Gasteiger partial charge on any atom is -0.489 e. The number of ketones is 1. The van der Waals surface area contributed by atoms with E-state index in [1.54, 1.807) is 24.3 Å². The number of ether oxygens (including phenoxy) is 2. The summed E-state index contributed by atoms with van der Waals surface area (Å²) < 4.78 is 11.6. The quantitative estimate of drug-likeness (QED) is 0.538. The molecule has 3 aromatic carbocycles. The number of aryl methyl sites for hydroxylation is 1. The smallest absolute Gasteiger partial charge is 0.231 e. The molecule has 0 N–H and O–H groups in total. The molecule has 3 nitrogen and oxygen atoms in total. The number of allylic oxidation sites excluding steroid dienone is 3. The van der Waals surface area contributed by atoms with Crippen LogP contribution in [0.3, 0.4) is 0 Å². The Labute approximate surface area is 164 Å². The number of fused-ring (bicyclic) bond motifs is 1. The van der Waals surface area contributed by atoms with Crippen LogP contribution in [-0.2, 0) is 6.61 Å². The van der Waals surface area contributed by atoms with Gasteiger partial charge in [0, 0.05) is 6.07 Å². The van der Waals surface area contributed by atoms with Crippen LogP contribution < -0.4 is 9.47 Å². The Morgan fingerprint density at radius 3 is 2.54 bits per heavy atom. The number of Topliss-reactive ketones (excluding diaryl/α,β-unsaturated/α-hetero) is 1. The summed E-state index contributed by atoms with van der Waals surface area (Å²) >= 11 is 0. The highest BCUT2D eigenvalue weighted by Gasteiger charge is 2.27. The minimum atomic E-state index is -0.113. The maximum absolute atomic E-state index is 12.5. The summed E-state index contributed by atoms with van der Waals surface area (Å²) in [4.78, 5) is 12.5. The summed E-state index contributed by atoms with van der Waals surface area (Å²) in [6.07, 6.45) is 5.45. The highest BCUT2D eigenvalue weighted by atomic mass is 16.5. The van der Waals surface area contributed by atoms with Crippen molar-refractivity contribution in [3.63, 3.8) is 0 Å². The van der Waals surface area contributed by atoms with Gasteiger partial charge in [0.2, 0.25) is 5.78 Å². The molecule has 1 aliphatic rings. The van der Waals surface area contributed by atoms with Crippen molar-refractivity contribution < 1.29 is 14.3 Å². The van der Waals surface area contributed by atoms with Gasteiger partial charge in [0.1, 0.15) is 18.1 Å². The van der Waals surface area contributed by atoms with Gasteiger partial charge in [-0.1, -0.05) is 72.3 Å². The van der Waals surface area contributed by atoms with Gasteiger partial charge in [-0.2, -0.15) is 0 Å². The molecule has 0 aromatic heterocycles. The fraction of sp³-hybridized carbons (Fsp3) is 0.0800. The Hall–Kier alpha value is -3.59. The van der Waals surface area contributed by atoms with Gasteiger partial charge in [0.25, 0.3) is 0 Å². The molecule has 3 aromatic rings. The first-order chi connectivity index (χ1) is 13.7. The molecule has 3 heteroatoms. The predicted octanol–water partition coefficient (Wildman–Crippen LogP) is 5.75. The van der Waals surface area contributed by atoms with Gasteiger partial charge < -0.3 is 9.47 Å². The van der Waals surface area contributed by atoms with E-state index in [-0.39, 0.29) is 5.78 Å². The molecule has 4 rings (SSSR count). The van der Waals surface area contributed by atoms with Crippen molar-refractivity contribution in [1.29, 1.82) is 0 Å². The molecule has 1 aliphatic heterocycles. The monoisotopic (exact) mass is 368 g/mol. The lowest BCUT2D eigenvalue weighted by molar-refractivity contribution is 0.101. The maximum Gasteiger partial charge on any atom is 0.231 e. The number of hydrogen-bond acceptors (Lipinski definition) is 3. The molecule has 138 valence electrons.